The number of nitrogens with zero attached hydrogens (tertiary/aromatic N) is 5. The minimum atomic E-state index is -0.305. The summed E-state index contributed by atoms with van der Waals surface area (Å²) in [5.74, 6) is -0.305. The van der Waals surface area contributed by atoms with Gasteiger partial charge in [0.25, 0.3) is 0 Å². The van der Waals surface area contributed by atoms with Crippen LogP contribution >= 0.6 is 11.3 Å². The molecule has 0 spiro atoms. The molecule has 0 aliphatic heterocycles. The van der Waals surface area contributed by atoms with Gasteiger partial charge in [-0.05, 0) is 36.4 Å². The number of nitriles is 1. The van der Waals surface area contributed by atoms with E-state index >= 15 is 0 Å². The maximum Gasteiger partial charge on any atom is 0.204 e. The number of hydrazone groups is 1. The Morgan fingerprint density at radius 2 is 2.04 bits per heavy atom. The third-order valence-corrected chi connectivity index (χ3v) is 4.96. The summed E-state index contributed by atoms with van der Waals surface area (Å²) >= 11 is 1.52. The lowest BCUT2D eigenvalue weighted by Gasteiger charge is -1.99. The van der Waals surface area contributed by atoms with Crippen LogP contribution in [0.4, 0.5) is 9.52 Å². The summed E-state index contributed by atoms with van der Waals surface area (Å²) in [6.45, 7) is 0.476. The van der Waals surface area contributed by atoms with E-state index < -0.39 is 0 Å². The molecule has 4 aromatic rings. The highest BCUT2D eigenvalue weighted by Crippen LogP contribution is 2.25. The summed E-state index contributed by atoms with van der Waals surface area (Å²) < 4.78 is 16.0. The zero-order chi connectivity index (χ0) is 19.3. The number of rotatable bonds is 6. The lowest BCUT2D eigenvalue weighted by molar-refractivity contribution is 0.626. The Balaban J connectivity index is 1.59. The van der Waals surface area contributed by atoms with Crippen LogP contribution in [-0.2, 0) is 6.54 Å². The van der Waals surface area contributed by atoms with Crippen LogP contribution in [0.1, 0.15) is 12.0 Å². The van der Waals surface area contributed by atoms with Crippen molar-refractivity contribution in [3.8, 4) is 17.3 Å². The van der Waals surface area contributed by atoms with E-state index in [2.05, 4.69) is 26.7 Å². The van der Waals surface area contributed by atoms with Crippen molar-refractivity contribution < 1.29 is 4.39 Å². The Kier molecular flexibility index (Phi) is 5.08. The van der Waals surface area contributed by atoms with Gasteiger partial charge in [0.1, 0.15) is 11.5 Å². The predicted octanol–water partition coefficient (Wildman–Crippen LogP) is 4.66. The number of halogens is 1. The van der Waals surface area contributed by atoms with Crippen LogP contribution in [0.5, 0.6) is 0 Å². The number of hydrogen-bond acceptors (Lipinski definition) is 6. The highest BCUT2D eigenvalue weighted by atomic mass is 32.1. The standard InChI is InChI=1S/C20H15FN6S/c21-16-8-6-14(7-9-16)19-15(13-27(26-19)11-3-10-22)12-23-25-20-24-17-4-1-2-5-18(17)28-20/h1-2,4-9,12-13H,3,11H2,(H,24,25)/b23-12-. The fourth-order valence-corrected chi connectivity index (χ4v) is 3.54. The molecule has 28 heavy (non-hydrogen) atoms. The molecule has 0 fully saturated rings. The Labute approximate surface area is 164 Å². The van der Waals surface area contributed by atoms with Gasteiger partial charge in [-0.15, -0.1) is 0 Å². The summed E-state index contributed by atoms with van der Waals surface area (Å²) in [4.78, 5) is 4.48. The maximum atomic E-state index is 13.2. The summed E-state index contributed by atoms with van der Waals surface area (Å²) in [6.07, 6.45) is 3.82. The molecule has 2 heterocycles. The highest BCUT2D eigenvalue weighted by Gasteiger charge is 2.10. The Morgan fingerprint density at radius 3 is 2.82 bits per heavy atom. The molecule has 2 aromatic carbocycles. The van der Waals surface area contributed by atoms with E-state index in [1.807, 2.05) is 30.5 Å². The molecule has 138 valence electrons. The van der Waals surface area contributed by atoms with Gasteiger partial charge in [-0.25, -0.2) is 9.37 Å². The average Bonchev–Trinajstić information content (AvgIpc) is 3.30. The molecular weight excluding hydrogens is 375 g/mol. The molecule has 0 bridgehead atoms. The normalized spacial score (nSPS) is 11.1. The second-order valence-corrected chi connectivity index (χ2v) is 7.00. The van der Waals surface area contributed by atoms with Crippen molar-refractivity contribution in [2.75, 3.05) is 5.43 Å². The molecule has 0 amide bonds. The van der Waals surface area contributed by atoms with Gasteiger partial charge in [0.15, 0.2) is 0 Å². The van der Waals surface area contributed by atoms with E-state index in [4.69, 9.17) is 5.26 Å². The van der Waals surface area contributed by atoms with Crippen LogP contribution < -0.4 is 5.43 Å². The zero-order valence-corrected chi connectivity index (χ0v) is 15.5. The summed E-state index contributed by atoms with van der Waals surface area (Å²) in [5, 5.41) is 18.3. The fourth-order valence-electron chi connectivity index (χ4n) is 2.72. The predicted molar refractivity (Wildman–Crippen MR) is 109 cm³/mol. The first-order chi connectivity index (χ1) is 13.7. The average molecular weight is 390 g/mol. The Bertz CT molecular complexity index is 1140. The van der Waals surface area contributed by atoms with E-state index in [0.717, 1.165) is 21.3 Å². The molecule has 0 unspecified atom stereocenters. The SMILES string of the molecule is N#CCCn1cc(/C=N\Nc2nc3ccccc3s2)c(-c2ccc(F)cc2)n1. The highest BCUT2D eigenvalue weighted by molar-refractivity contribution is 7.22. The number of anilines is 1. The van der Waals surface area contributed by atoms with Gasteiger partial charge in [-0.1, -0.05) is 23.5 Å². The molecule has 4 rings (SSSR count). The maximum absolute atomic E-state index is 13.2. The third kappa shape index (κ3) is 3.89. The molecule has 0 atom stereocenters. The number of benzene rings is 2. The molecule has 0 saturated carbocycles. The quantitative estimate of drug-likeness (QED) is 0.384. The van der Waals surface area contributed by atoms with Crippen LogP contribution in [0.2, 0.25) is 0 Å². The molecule has 2 aromatic heterocycles. The molecular formula is C20H15FN6S. The first-order valence-corrected chi connectivity index (χ1v) is 9.39. The second-order valence-electron chi connectivity index (χ2n) is 5.97. The number of para-hydroxylation sites is 1. The van der Waals surface area contributed by atoms with Gasteiger partial charge in [0, 0.05) is 17.3 Å². The molecule has 0 radical (unpaired) electrons. The van der Waals surface area contributed by atoms with Crippen molar-refractivity contribution in [3.05, 3.63) is 66.1 Å². The number of thiazole rings is 1. The largest absolute Gasteiger partial charge is 0.270 e. The molecule has 6 nitrogen and oxygen atoms in total. The summed E-state index contributed by atoms with van der Waals surface area (Å²) in [7, 11) is 0. The first-order valence-electron chi connectivity index (χ1n) is 8.58. The van der Waals surface area contributed by atoms with E-state index in [-0.39, 0.29) is 5.82 Å². The molecule has 1 N–H and O–H groups in total. The van der Waals surface area contributed by atoms with Gasteiger partial charge >= 0.3 is 0 Å². The summed E-state index contributed by atoms with van der Waals surface area (Å²) in [5.41, 5.74) is 6.08. The van der Waals surface area contributed by atoms with E-state index in [0.29, 0.717) is 23.8 Å². The van der Waals surface area contributed by atoms with Crippen molar-refractivity contribution in [2.45, 2.75) is 13.0 Å². The Hall–Kier alpha value is -3.57. The van der Waals surface area contributed by atoms with Gasteiger partial charge < -0.3 is 0 Å². The van der Waals surface area contributed by atoms with Crippen LogP contribution in [0.25, 0.3) is 21.5 Å². The van der Waals surface area contributed by atoms with Crippen molar-refractivity contribution in [2.24, 2.45) is 5.10 Å². The van der Waals surface area contributed by atoms with Crippen LogP contribution in [-0.4, -0.2) is 21.0 Å². The minimum absolute atomic E-state index is 0.305. The van der Waals surface area contributed by atoms with Gasteiger partial charge in [0.2, 0.25) is 5.13 Å². The van der Waals surface area contributed by atoms with Crippen molar-refractivity contribution in [3.63, 3.8) is 0 Å². The molecule has 0 aliphatic carbocycles. The van der Waals surface area contributed by atoms with E-state index in [1.54, 1.807) is 23.0 Å². The molecule has 0 aliphatic rings. The van der Waals surface area contributed by atoms with E-state index in [9.17, 15) is 4.39 Å². The van der Waals surface area contributed by atoms with Crippen LogP contribution in [0.15, 0.2) is 59.8 Å². The fraction of sp³-hybridized carbons (Fsp3) is 0.100. The number of fused-ring (bicyclic) bond motifs is 1. The van der Waals surface area contributed by atoms with Crippen molar-refractivity contribution in [1.82, 2.24) is 14.8 Å². The zero-order valence-electron chi connectivity index (χ0n) is 14.7. The van der Waals surface area contributed by atoms with Crippen LogP contribution in [0, 0.1) is 17.1 Å². The van der Waals surface area contributed by atoms with E-state index in [1.165, 1.54) is 23.5 Å². The van der Waals surface area contributed by atoms with Crippen LogP contribution in [0.3, 0.4) is 0 Å². The van der Waals surface area contributed by atoms with Crippen molar-refractivity contribution >= 4 is 32.9 Å². The number of aromatic nitrogens is 3. The van der Waals surface area contributed by atoms with Gasteiger partial charge in [-0.2, -0.15) is 15.5 Å². The first kappa shape index (κ1) is 17.8. The Morgan fingerprint density at radius 1 is 1.21 bits per heavy atom. The lowest BCUT2D eigenvalue weighted by Crippen LogP contribution is -1.97. The monoisotopic (exact) mass is 390 g/mol. The second kappa shape index (κ2) is 7.98. The lowest BCUT2D eigenvalue weighted by atomic mass is 10.1. The summed E-state index contributed by atoms with van der Waals surface area (Å²) in [6, 6.07) is 16.1. The minimum Gasteiger partial charge on any atom is -0.270 e. The van der Waals surface area contributed by atoms with Crippen molar-refractivity contribution in [1.29, 1.82) is 5.26 Å². The van der Waals surface area contributed by atoms with Gasteiger partial charge in [0.05, 0.1) is 35.5 Å². The topological polar surface area (TPSA) is 78.9 Å². The number of nitrogens with one attached hydrogen (secondary N) is 1. The smallest absolute Gasteiger partial charge is 0.204 e. The molecule has 8 heteroatoms. The number of hydrogen-bond donors (Lipinski definition) is 1. The van der Waals surface area contributed by atoms with Gasteiger partial charge in [-0.3, -0.25) is 10.1 Å². The number of aryl methyl sites for hydroxylation is 1. The molecule has 0 saturated heterocycles. The third-order valence-electron chi connectivity index (χ3n) is 4.02.